The number of fused-ring (bicyclic) bond motifs is 1. The summed E-state index contributed by atoms with van der Waals surface area (Å²) in [4.78, 5) is 23.1. The maximum atomic E-state index is 12.9. The minimum absolute atomic E-state index is 0.0858. The minimum Gasteiger partial charge on any atom is -0.487 e. The Morgan fingerprint density at radius 2 is 1.84 bits per heavy atom. The second-order valence-electron chi connectivity index (χ2n) is 7.66. The van der Waals surface area contributed by atoms with E-state index < -0.39 is 0 Å². The van der Waals surface area contributed by atoms with Crippen molar-refractivity contribution in [3.63, 3.8) is 0 Å². The van der Waals surface area contributed by atoms with Crippen molar-refractivity contribution in [2.75, 3.05) is 26.2 Å². The number of pyridine rings is 1. The molecule has 0 bridgehead atoms. The average Bonchev–Trinajstić information content (AvgIpc) is 3.47. The monoisotopic (exact) mass is 432 g/mol. The fourth-order valence-electron chi connectivity index (χ4n) is 3.82. The maximum Gasteiger partial charge on any atom is 0.253 e. The lowest BCUT2D eigenvalue weighted by atomic mass is 10.1. The van der Waals surface area contributed by atoms with E-state index >= 15 is 0 Å². The number of ether oxygens (including phenoxy) is 1. The number of amides is 1. The fraction of sp³-hybridized carbons (Fsp3) is 0.250. The predicted octanol–water partition coefficient (Wildman–Crippen LogP) is 3.93. The smallest absolute Gasteiger partial charge is 0.253 e. The van der Waals surface area contributed by atoms with Gasteiger partial charge in [-0.15, -0.1) is 11.3 Å². The Hall–Kier alpha value is -3.16. The first-order chi connectivity index (χ1) is 15.2. The van der Waals surface area contributed by atoms with Crippen LogP contribution in [0, 0.1) is 0 Å². The summed E-state index contributed by atoms with van der Waals surface area (Å²) in [5, 5.41) is 2.11. The Balaban J connectivity index is 1.14. The highest BCUT2D eigenvalue weighted by Gasteiger charge is 2.22. The average molecular weight is 433 g/mol. The van der Waals surface area contributed by atoms with Crippen molar-refractivity contribution in [1.29, 1.82) is 0 Å². The molecule has 1 amide bonds. The molecule has 1 fully saturated rings. The maximum absolute atomic E-state index is 12.9. The summed E-state index contributed by atoms with van der Waals surface area (Å²) < 4.78 is 7.83. The van der Waals surface area contributed by atoms with Gasteiger partial charge in [-0.2, -0.15) is 0 Å². The normalized spacial score (nSPS) is 14.8. The summed E-state index contributed by atoms with van der Waals surface area (Å²) in [5.74, 6) is 0.817. The third-order valence-corrected chi connectivity index (χ3v) is 6.38. The molecule has 4 heterocycles. The summed E-state index contributed by atoms with van der Waals surface area (Å²) in [6.45, 7) is 4.69. The molecule has 0 aliphatic carbocycles. The SMILES string of the molecule is O=C(c1ccc(OCc2cn3ccccc3n2)cc1)N1CCN(Cc2cccs2)CC1. The van der Waals surface area contributed by atoms with Gasteiger partial charge in [-0.25, -0.2) is 4.98 Å². The number of imidazole rings is 1. The molecule has 158 valence electrons. The number of thiophene rings is 1. The van der Waals surface area contributed by atoms with Crippen molar-refractivity contribution in [1.82, 2.24) is 19.2 Å². The first-order valence-electron chi connectivity index (χ1n) is 10.4. The second-order valence-corrected chi connectivity index (χ2v) is 8.69. The van der Waals surface area contributed by atoms with Gasteiger partial charge < -0.3 is 14.0 Å². The van der Waals surface area contributed by atoms with Gasteiger partial charge in [0.2, 0.25) is 0 Å². The Bertz CT molecular complexity index is 1110. The zero-order valence-electron chi connectivity index (χ0n) is 17.2. The Morgan fingerprint density at radius 3 is 2.58 bits per heavy atom. The molecule has 1 aliphatic rings. The number of carbonyl (C=O) groups excluding carboxylic acids is 1. The van der Waals surface area contributed by atoms with Crippen LogP contribution >= 0.6 is 11.3 Å². The van der Waals surface area contributed by atoms with Crippen LogP contribution < -0.4 is 4.74 Å². The lowest BCUT2D eigenvalue weighted by molar-refractivity contribution is 0.0629. The molecule has 3 aromatic heterocycles. The summed E-state index contributed by atoms with van der Waals surface area (Å²) in [6.07, 6.45) is 3.93. The van der Waals surface area contributed by atoms with Crippen LogP contribution in [0.4, 0.5) is 0 Å². The molecule has 7 heteroatoms. The van der Waals surface area contributed by atoms with E-state index in [4.69, 9.17) is 4.74 Å². The fourth-order valence-corrected chi connectivity index (χ4v) is 4.57. The molecule has 0 unspecified atom stereocenters. The molecule has 0 radical (unpaired) electrons. The number of benzene rings is 1. The Labute approximate surface area is 185 Å². The zero-order chi connectivity index (χ0) is 21.0. The molecule has 6 nitrogen and oxygen atoms in total. The van der Waals surface area contributed by atoms with Gasteiger partial charge in [-0.05, 0) is 47.8 Å². The van der Waals surface area contributed by atoms with Gasteiger partial charge in [0.05, 0.1) is 5.69 Å². The molecule has 5 rings (SSSR count). The van der Waals surface area contributed by atoms with E-state index in [1.807, 2.05) is 64.2 Å². The summed E-state index contributed by atoms with van der Waals surface area (Å²) in [6, 6.07) is 17.6. The zero-order valence-corrected chi connectivity index (χ0v) is 18.0. The topological polar surface area (TPSA) is 50.1 Å². The summed E-state index contributed by atoms with van der Waals surface area (Å²) in [5.41, 5.74) is 2.47. The molecular formula is C24H24N4O2S. The van der Waals surface area contributed by atoms with E-state index in [0.717, 1.165) is 49.8 Å². The van der Waals surface area contributed by atoms with Gasteiger partial charge >= 0.3 is 0 Å². The van der Waals surface area contributed by atoms with Gasteiger partial charge in [0, 0.05) is 55.6 Å². The number of piperazine rings is 1. The molecular weight excluding hydrogens is 408 g/mol. The molecule has 31 heavy (non-hydrogen) atoms. The van der Waals surface area contributed by atoms with Crippen LogP contribution in [0.15, 0.2) is 72.4 Å². The van der Waals surface area contributed by atoms with Gasteiger partial charge in [0.25, 0.3) is 5.91 Å². The van der Waals surface area contributed by atoms with Crippen LogP contribution in [0.25, 0.3) is 5.65 Å². The lowest BCUT2D eigenvalue weighted by Crippen LogP contribution is -2.48. The van der Waals surface area contributed by atoms with Crippen LogP contribution in [0.2, 0.25) is 0 Å². The van der Waals surface area contributed by atoms with Crippen LogP contribution in [0.1, 0.15) is 20.9 Å². The highest BCUT2D eigenvalue weighted by Crippen LogP contribution is 2.18. The number of aromatic nitrogens is 2. The van der Waals surface area contributed by atoms with Crippen molar-refractivity contribution in [2.24, 2.45) is 0 Å². The van der Waals surface area contributed by atoms with Crippen molar-refractivity contribution in [3.05, 3.63) is 88.5 Å². The van der Waals surface area contributed by atoms with Crippen LogP contribution in [0.5, 0.6) is 5.75 Å². The first-order valence-corrected chi connectivity index (χ1v) is 11.3. The molecule has 1 aliphatic heterocycles. The number of nitrogens with zero attached hydrogens (tertiary/aromatic N) is 4. The largest absolute Gasteiger partial charge is 0.487 e. The molecule has 1 saturated heterocycles. The van der Waals surface area contributed by atoms with Gasteiger partial charge in [0.15, 0.2) is 0 Å². The van der Waals surface area contributed by atoms with Crippen molar-refractivity contribution >= 4 is 22.9 Å². The van der Waals surface area contributed by atoms with E-state index in [0.29, 0.717) is 12.2 Å². The van der Waals surface area contributed by atoms with Crippen molar-refractivity contribution in [2.45, 2.75) is 13.2 Å². The van der Waals surface area contributed by atoms with E-state index in [9.17, 15) is 4.79 Å². The predicted molar refractivity (Wildman–Crippen MR) is 121 cm³/mol. The summed E-state index contributed by atoms with van der Waals surface area (Å²) >= 11 is 1.79. The highest BCUT2D eigenvalue weighted by atomic mass is 32.1. The molecule has 0 saturated carbocycles. The van der Waals surface area contributed by atoms with Gasteiger partial charge in [-0.1, -0.05) is 12.1 Å². The van der Waals surface area contributed by atoms with Crippen molar-refractivity contribution in [3.8, 4) is 5.75 Å². The third kappa shape index (κ3) is 4.62. The van der Waals surface area contributed by atoms with Crippen molar-refractivity contribution < 1.29 is 9.53 Å². The summed E-state index contributed by atoms with van der Waals surface area (Å²) in [7, 11) is 0. The number of hydrogen-bond acceptors (Lipinski definition) is 5. The van der Waals surface area contributed by atoms with Gasteiger partial charge in [-0.3, -0.25) is 9.69 Å². The molecule has 0 spiro atoms. The van der Waals surface area contributed by atoms with E-state index in [1.165, 1.54) is 4.88 Å². The second kappa shape index (κ2) is 8.91. The van der Waals surface area contributed by atoms with E-state index in [1.54, 1.807) is 11.3 Å². The number of rotatable bonds is 6. The highest BCUT2D eigenvalue weighted by molar-refractivity contribution is 7.09. The first kappa shape index (κ1) is 19.8. The molecule has 4 aromatic rings. The lowest BCUT2D eigenvalue weighted by Gasteiger charge is -2.34. The van der Waals surface area contributed by atoms with E-state index in [2.05, 4.69) is 27.4 Å². The molecule has 1 aromatic carbocycles. The number of hydrogen-bond donors (Lipinski definition) is 0. The van der Waals surface area contributed by atoms with Crippen LogP contribution in [-0.2, 0) is 13.2 Å². The third-order valence-electron chi connectivity index (χ3n) is 5.52. The molecule has 0 N–H and O–H groups in total. The quantitative estimate of drug-likeness (QED) is 0.463. The molecule has 0 atom stereocenters. The minimum atomic E-state index is 0.0858. The Kier molecular flexibility index (Phi) is 5.69. The standard InChI is InChI=1S/C24H24N4O2S/c29-24(27-13-11-26(12-14-27)17-22-4-3-15-31-22)19-6-8-21(9-7-19)30-18-20-16-28-10-2-1-5-23(28)25-20/h1-10,15-16H,11-14,17-18H2. The van der Waals surface area contributed by atoms with E-state index in [-0.39, 0.29) is 5.91 Å². The van der Waals surface area contributed by atoms with Crippen LogP contribution in [-0.4, -0.2) is 51.3 Å². The van der Waals surface area contributed by atoms with Crippen LogP contribution in [0.3, 0.4) is 0 Å². The Morgan fingerprint density at radius 1 is 1.00 bits per heavy atom. The van der Waals surface area contributed by atoms with Gasteiger partial charge in [0.1, 0.15) is 18.0 Å². The number of carbonyl (C=O) groups is 1.